The second-order valence-corrected chi connectivity index (χ2v) is 9.15. The molecule has 0 spiro atoms. The number of hydrogen-bond donors (Lipinski definition) is 0. The van der Waals surface area contributed by atoms with Crippen molar-refractivity contribution in [3.8, 4) is 11.5 Å². The molecule has 4 nitrogen and oxygen atoms in total. The lowest BCUT2D eigenvalue weighted by molar-refractivity contribution is 0.103. The topological polar surface area (TPSA) is 40.5 Å². The van der Waals surface area contributed by atoms with Crippen molar-refractivity contribution in [3.63, 3.8) is 0 Å². The van der Waals surface area contributed by atoms with Gasteiger partial charge in [0.1, 0.15) is 22.9 Å². The van der Waals surface area contributed by atoms with Crippen molar-refractivity contribution in [2.24, 2.45) is 0 Å². The number of ketones is 1. The number of allylic oxidation sites excluding steroid dienone is 1. The van der Waals surface area contributed by atoms with E-state index >= 15 is 0 Å². The van der Waals surface area contributed by atoms with Crippen LogP contribution in [0.25, 0.3) is 23.1 Å². The van der Waals surface area contributed by atoms with Gasteiger partial charge in [0.05, 0.1) is 18.2 Å². The first-order chi connectivity index (χ1) is 16.8. The molecule has 0 unspecified atom stereocenters. The van der Waals surface area contributed by atoms with Gasteiger partial charge in [0.25, 0.3) is 0 Å². The Morgan fingerprint density at radius 2 is 1.94 bits per heavy atom. The Morgan fingerprint density at radius 3 is 2.74 bits per heavy atom. The molecule has 5 heteroatoms. The smallest absolute Gasteiger partial charge is 0.189 e. The number of nitrogens with zero attached hydrogens (tertiary/aromatic N) is 1. The van der Waals surface area contributed by atoms with Crippen LogP contribution in [0.15, 0.2) is 79.0 Å². The Labute approximate surface area is 203 Å². The highest BCUT2D eigenvalue weighted by Crippen LogP contribution is 2.40. The second-order valence-electron chi connectivity index (χ2n) is 9.15. The van der Waals surface area contributed by atoms with Gasteiger partial charge in [-0.2, -0.15) is 0 Å². The number of benzene rings is 3. The molecule has 176 valence electrons. The standard InChI is InChI=1S/C30H26FNO3/c1-30(2)16-14-25-28(34-3)13-11-24(29(25)35-30)27(33)12-10-21-7-5-9-26-23(21)15-17-32(26)19-20-6-4-8-22(31)18-20/h4-18H,19H2,1-3H3/b12-10+. The Hall–Kier alpha value is -4.12. The third-order valence-electron chi connectivity index (χ3n) is 6.16. The zero-order valence-electron chi connectivity index (χ0n) is 19.9. The maximum absolute atomic E-state index is 13.6. The van der Waals surface area contributed by atoms with E-state index in [2.05, 4.69) is 4.57 Å². The Bertz CT molecular complexity index is 1490. The van der Waals surface area contributed by atoms with E-state index in [0.29, 0.717) is 23.6 Å². The Morgan fingerprint density at radius 1 is 1.11 bits per heavy atom. The molecule has 35 heavy (non-hydrogen) atoms. The molecule has 1 aliphatic rings. The summed E-state index contributed by atoms with van der Waals surface area (Å²) in [6.45, 7) is 4.46. The number of rotatable bonds is 6. The fourth-order valence-electron chi connectivity index (χ4n) is 4.42. The van der Waals surface area contributed by atoms with Gasteiger partial charge in [-0.15, -0.1) is 0 Å². The average molecular weight is 468 g/mol. The zero-order chi connectivity index (χ0) is 24.6. The molecule has 0 bridgehead atoms. The van der Waals surface area contributed by atoms with Gasteiger partial charge < -0.3 is 14.0 Å². The molecule has 2 heterocycles. The number of aromatic nitrogens is 1. The molecule has 0 saturated carbocycles. The van der Waals surface area contributed by atoms with Crippen LogP contribution in [0.1, 0.15) is 40.9 Å². The maximum Gasteiger partial charge on any atom is 0.189 e. The average Bonchev–Trinajstić information content (AvgIpc) is 3.24. The fourth-order valence-corrected chi connectivity index (χ4v) is 4.42. The molecule has 0 saturated heterocycles. The second kappa shape index (κ2) is 8.91. The number of ether oxygens (including phenoxy) is 2. The third-order valence-corrected chi connectivity index (χ3v) is 6.16. The minimum Gasteiger partial charge on any atom is -0.496 e. The van der Waals surface area contributed by atoms with Crippen molar-refractivity contribution in [1.29, 1.82) is 0 Å². The number of carbonyl (C=O) groups is 1. The number of carbonyl (C=O) groups excluding carboxylic acids is 1. The van der Waals surface area contributed by atoms with Gasteiger partial charge in [-0.05, 0) is 79.6 Å². The van der Waals surface area contributed by atoms with E-state index in [-0.39, 0.29) is 11.6 Å². The normalized spacial score (nSPS) is 14.2. The number of hydrogen-bond acceptors (Lipinski definition) is 3. The summed E-state index contributed by atoms with van der Waals surface area (Å²) >= 11 is 0. The van der Waals surface area contributed by atoms with Crippen LogP contribution in [-0.4, -0.2) is 23.1 Å². The molecule has 1 aromatic heterocycles. The Balaban J connectivity index is 1.45. The van der Waals surface area contributed by atoms with Crippen LogP contribution in [-0.2, 0) is 6.54 Å². The van der Waals surface area contributed by atoms with Gasteiger partial charge in [-0.3, -0.25) is 4.79 Å². The van der Waals surface area contributed by atoms with Crippen LogP contribution >= 0.6 is 0 Å². The minimum atomic E-state index is -0.520. The predicted molar refractivity (Wildman–Crippen MR) is 138 cm³/mol. The molecule has 1 aliphatic heterocycles. The highest BCUT2D eigenvalue weighted by molar-refractivity contribution is 6.10. The summed E-state index contributed by atoms with van der Waals surface area (Å²) in [5.41, 5.74) is 3.57. The van der Waals surface area contributed by atoms with Crippen LogP contribution in [0.3, 0.4) is 0 Å². The van der Waals surface area contributed by atoms with Crippen LogP contribution < -0.4 is 9.47 Å². The van der Waals surface area contributed by atoms with Gasteiger partial charge in [0.15, 0.2) is 5.78 Å². The highest BCUT2D eigenvalue weighted by Gasteiger charge is 2.27. The van der Waals surface area contributed by atoms with E-state index in [1.54, 1.807) is 37.5 Å². The summed E-state index contributed by atoms with van der Waals surface area (Å²) in [5, 5.41) is 1.02. The monoisotopic (exact) mass is 467 g/mol. The maximum atomic E-state index is 13.6. The van der Waals surface area contributed by atoms with Crippen molar-refractivity contribution in [3.05, 3.63) is 107 Å². The van der Waals surface area contributed by atoms with Crippen molar-refractivity contribution in [2.45, 2.75) is 26.0 Å². The first kappa shape index (κ1) is 22.7. The Kier molecular flexibility index (Phi) is 5.77. The zero-order valence-corrected chi connectivity index (χ0v) is 19.9. The lowest BCUT2D eigenvalue weighted by atomic mass is 9.97. The molecule has 5 rings (SSSR count). The summed E-state index contributed by atoms with van der Waals surface area (Å²) in [5.74, 6) is 0.804. The van der Waals surface area contributed by atoms with Gasteiger partial charge in [-0.1, -0.05) is 30.3 Å². The largest absolute Gasteiger partial charge is 0.496 e. The first-order valence-corrected chi connectivity index (χ1v) is 11.5. The van der Waals surface area contributed by atoms with Gasteiger partial charge in [0.2, 0.25) is 0 Å². The van der Waals surface area contributed by atoms with E-state index in [0.717, 1.165) is 27.6 Å². The molecule has 0 fully saturated rings. The predicted octanol–water partition coefficient (Wildman–Crippen LogP) is 6.92. The van der Waals surface area contributed by atoms with Crippen LogP contribution in [0.5, 0.6) is 11.5 Å². The number of halogens is 1. The van der Waals surface area contributed by atoms with E-state index in [9.17, 15) is 9.18 Å². The molecule has 0 amide bonds. The quantitative estimate of drug-likeness (QED) is 0.228. The minimum absolute atomic E-state index is 0.147. The lowest BCUT2D eigenvalue weighted by Crippen LogP contribution is -2.28. The van der Waals surface area contributed by atoms with E-state index in [1.807, 2.05) is 68.6 Å². The van der Waals surface area contributed by atoms with Crippen molar-refractivity contribution in [2.75, 3.05) is 7.11 Å². The fraction of sp³-hybridized carbons (Fsp3) is 0.167. The molecule has 0 atom stereocenters. The summed E-state index contributed by atoms with van der Waals surface area (Å²) in [4.78, 5) is 13.2. The molecule has 4 aromatic rings. The van der Waals surface area contributed by atoms with Gasteiger partial charge in [0, 0.05) is 23.6 Å². The molecule has 0 N–H and O–H groups in total. The van der Waals surface area contributed by atoms with Crippen LogP contribution in [0.4, 0.5) is 4.39 Å². The van der Waals surface area contributed by atoms with Crippen LogP contribution in [0, 0.1) is 5.82 Å². The first-order valence-electron chi connectivity index (χ1n) is 11.5. The van der Waals surface area contributed by atoms with Gasteiger partial charge in [-0.25, -0.2) is 4.39 Å². The molecule has 0 aliphatic carbocycles. The van der Waals surface area contributed by atoms with Gasteiger partial charge >= 0.3 is 0 Å². The summed E-state index contributed by atoms with van der Waals surface area (Å²) in [7, 11) is 1.60. The van der Waals surface area contributed by atoms with Crippen molar-refractivity contribution >= 4 is 28.8 Å². The van der Waals surface area contributed by atoms with Crippen LogP contribution in [0.2, 0.25) is 0 Å². The number of methoxy groups -OCH3 is 1. The van der Waals surface area contributed by atoms with E-state index in [4.69, 9.17) is 9.47 Å². The lowest BCUT2D eigenvalue weighted by Gasteiger charge is -2.29. The van der Waals surface area contributed by atoms with Crippen molar-refractivity contribution in [1.82, 2.24) is 4.57 Å². The highest BCUT2D eigenvalue weighted by atomic mass is 19.1. The molecular formula is C30H26FNO3. The number of fused-ring (bicyclic) bond motifs is 2. The SMILES string of the molecule is COc1ccc(C(=O)/C=C/c2cccc3c2ccn3Cc2cccc(F)c2)c2c1C=CC(C)(C)O2. The van der Waals surface area contributed by atoms with Crippen molar-refractivity contribution < 1.29 is 18.7 Å². The molecular weight excluding hydrogens is 441 g/mol. The van der Waals surface area contributed by atoms with E-state index in [1.165, 1.54) is 6.07 Å². The summed E-state index contributed by atoms with van der Waals surface area (Å²) in [6, 6.07) is 18.1. The molecule has 0 radical (unpaired) electrons. The van der Waals surface area contributed by atoms with E-state index < -0.39 is 5.60 Å². The summed E-state index contributed by atoms with van der Waals surface area (Å²) < 4.78 is 27.3. The third kappa shape index (κ3) is 4.50. The summed E-state index contributed by atoms with van der Waals surface area (Å²) in [6.07, 6.45) is 9.29. The molecule has 3 aromatic carbocycles.